The fourth-order valence-corrected chi connectivity index (χ4v) is 2.66. The summed E-state index contributed by atoms with van der Waals surface area (Å²) in [7, 11) is 1.70. The van der Waals surface area contributed by atoms with Crippen molar-refractivity contribution >= 4 is 11.8 Å². The van der Waals surface area contributed by atoms with Crippen LogP contribution in [0, 0.1) is 12.8 Å². The minimum atomic E-state index is 0.479. The SMILES string of the molecule is COc1ccc(SC(CN)C(C)C)cc1C. The van der Waals surface area contributed by atoms with Crippen molar-refractivity contribution in [1.29, 1.82) is 0 Å². The van der Waals surface area contributed by atoms with Gasteiger partial charge in [-0.1, -0.05) is 13.8 Å². The summed E-state index contributed by atoms with van der Waals surface area (Å²) in [4.78, 5) is 1.27. The van der Waals surface area contributed by atoms with Gasteiger partial charge in [0.25, 0.3) is 0 Å². The molecule has 0 aliphatic rings. The molecule has 0 saturated carbocycles. The van der Waals surface area contributed by atoms with Crippen molar-refractivity contribution in [3.8, 4) is 5.75 Å². The average Bonchev–Trinajstić information content (AvgIpc) is 2.25. The highest BCUT2D eigenvalue weighted by atomic mass is 32.2. The number of aryl methyl sites for hydroxylation is 1. The van der Waals surface area contributed by atoms with Gasteiger partial charge in [-0.15, -0.1) is 11.8 Å². The Morgan fingerprint density at radius 3 is 2.50 bits per heavy atom. The highest BCUT2D eigenvalue weighted by Gasteiger charge is 2.13. The van der Waals surface area contributed by atoms with E-state index in [2.05, 4.69) is 32.9 Å². The largest absolute Gasteiger partial charge is 0.496 e. The van der Waals surface area contributed by atoms with E-state index in [0.29, 0.717) is 17.7 Å². The van der Waals surface area contributed by atoms with Gasteiger partial charge in [0, 0.05) is 16.7 Å². The average molecular weight is 239 g/mol. The van der Waals surface area contributed by atoms with Crippen LogP contribution in [-0.2, 0) is 0 Å². The van der Waals surface area contributed by atoms with E-state index in [1.54, 1.807) is 7.11 Å². The number of nitrogens with two attached hydrogens (primary N) is 1. The summed E-state index contributed by atoms with van der Waals surface area (Å²) < 4.78 is 5.24. The Hall–Kier alpha value is -0.670. The maximum atomic E-state index is 5.77. The first-order valence-corrected chi connectivity index (χ1v) is 6.47. The zero-order valence-electron chi connectivity index (χ0n) is 10.5. The van der Waals surface area contributed by atoms with Crippen LogP contribution in [0.5, 0.6) is 5.75 Å². The first kappa shape index (κ1) is 13.4. The smallest absolute Gasteiger partial charge is 0.121 e. The normalized spacial score (nSPS) is 12.9. The number of methoxy groups -OCH3 is 1. The van der Waals surface area contributed by atoms with Crippen molar-refractivity contribution in [3.63, 3.8) is 0 Å². The van der Waals surface area contributed by atoms with Crippen LogP contribution < -0.4 is 10.5 Å². The third kappa shape index (κ3) is 3.42. The van der Waals surface area contributed by atoms with E-state index in [9.17, 15) is 0 Å². The molecule has 2 N–H and O–H groups in total. The fraction of sp³-hybridized carbons (Fsp3) is 0.538. The lowest BCUT2D eigenvalue weighted by Gasteiger charge is -2.18. The van der Waals surface area contributed by atoms with Crippen molar-refractivity contribution in [2.75, 3.05) is 13.7 Å². The van der Waals surface area contributed by atoms with E-state index in [-0.39, 0.29) is 0 Å². The third-order valence-electron chi connectivity index (χ3n) is 2.63. The molecule has 1 rings (SSSR count). The third-order valence-corrected chi connectivity index (χ3v) is 4.20. The van der Waals surface area contributed by atoms with E-state index >= 15 is 0 Å². The minimum Gasteiger partial charge on any atom is -0.496 e. The maximum Gasteiger partial charge on any atom is 0.121 e. The summed E-state index contributed by atoms with van der Waals surface area (Å²) in [5.41, 5.74) is 6.94. The molecule has 0 aliphatic carbocycles. The summed E-state index contributed by atoms with van der Waals surface area (Å²) >= 11 is 1.85. The van der Waals surface area contributed by atoms with Crippen molar-refractivity contribution in [2.45, 2.75) is 30.9 Å². The van der Waals surface area contributed by atoms with Gasteiger partial charge >= 0.3 is 0 Å². The second-order valence-corrected chi connectivity index (χ2v) is 5.58. The number of rotatable bonds is 5. The number of hydrogen-bond acceptors (Lipinski definition) is 3. The quantitative estimate of drug-likeness (QED) is 0.802. The molecule has 0 aliphatic heterocycles. The van der Waals surface area contributed by atoms with Crippen molar-refractivity contribution < 1.29 is 4.74 Å². The van der Waals surface area contributed by atoms with Gasteiger partial charge in [-0.05, 0) is 36.6 Å². The highest BCUT2D eigenvalue weighted by molar-refractivity contribution is 8.00. The summed E-state index contributed by atoms with van der Waals surface area (Å²) in [6, 6.07) is 6.28. The fourth-order valence-electron chi connectivity index (χ4n) is 1.56. The zero-order valence-corrected chi connectivity index (χ0v) is 11.3. The van der Waals surface area contributed by atoms with Gasteiger partial charge in [0.15, 0.2) is 0 Å². The molecule has 0 fully saturated rings. The van der Waals surface area contributed by atoms with E-state index in [1.807, 2.05) is 17.8 Å². The van der Waals surface area contributed by atoms with E-state index in [4.69, 9.17) is 10.5 Å². The molecule has 0 aromatic heterocycles. The van der Waals surface area contributed by atoms with Crippen LogP contribution in [0.25, 0.3) is 0 Å². The summed E-state index contributed by atoms with van der Waals surface area (Å²) in [5, 5.41) is 0.479. The molecule has 0 spiro atoms. The van der Waals surface area contributed by atoms with Crippen LogP contribution in [0.3, 0.4) is 0 Å². The van der Waals surface area contributed by atoms with Crippen LogP contribution in [0.2, 0.25) is 0 Å². The Balaban J connectivity index is 2.78. The Morgan fingerprint density at radius 2 is 2.06 bits per heavy atom. The van der Waals surface area contributed by atoms with Gasteiger partial charge in [0.05, 0.1) is 7.11 Å². The van der Waals surface area contributed by atoms with Gasteiger partial charge in [-0.3, -0.25) is 0 Å². The summed E-state index contributed by atoms with van der Waals surface area (Å²) in [5.74, 6) is 1.54. The van der Waals surface area contributed by atoms with Crippen molar-refractivity contribution in [3.05, 3.63) is 23.8 Å². The molecule has 1 unspecified atom stereocenters. The van der Waals surface area contributed by atoms with Gasteiger partial charge in [-0.25, -0.2) is 0 Å². The van der Waals surface area contributed by atoms with Crippen LogP contribution in [0.1, 0.15) is 19.4 Å². The maximum absolute atomic E-state index is 5.77. The van der Waals surface area contributed by atoms with Crippen LogP contribution in [0.4, 0.5) is 0 Å². The lowest BCUT2D eigenvalue weighted by atomic mass is 10.1. The number of thioether (sulfide) groups is 1. The first-order valence-electron chi connectivity index (χ1n) is 5.59. The van der Waals surface area contributed by atoms with Gasteiger partial charge in [0.1, 0.15) is 5.75 Å². The predicted molar refractivity (Wildman–Crippen MR) is 71.3 cm³/mol. The molecule has 1 aromatic carbocycles. The molecule has 1 aromatic rings. The van der Waals surface area contributed by atoms with Crippen molar-refractivity contribution in [2.24, 2.45) is 11.7 Å². The molecule has 3 heteroatoms. The van der Waals surface area contributed by atoms with Crippen molar-refractivity contribution in [1.82, 2.24) is 0 Å². The van der Waals surface area contributed by atoms with Crippen LogP contribution in [-0.4, -0.2) is 18.9 Å². The Morgan fingerprint density at radius 1 is 1.38 bits per heavy atom. The molecular weight excluding hydrogens is 218 g/mol. The molecule has 0 amide bonds. The first-order chi connectivity index (χ1) is 7.58. The van der Waals surface area contributed by atoms with E-state index < -0.39 is 0 Å². The molecule has 0 bridgehead atoms. The predicted octanol–water partition coefficient (Wildman–Crippen LogP) is 3.08. The van der Waals surface area contributed by atoms with E-state index in [1.165, 1.54) is 10.5 Å². The molecular formula is C13H21NOS. The molecule has 1 atom stereocenters. The topological polar surface area (TPSA) is 35.2 Å². The molecule has 0 radical (unpaired) electrons. The Bertz CT molecular complexity index is 339. The molecule has 0 saturated heterocycles. The van der Waals surface area contributed by atoms with Crippen LogP contribution >= 0.6 is 11.8 Å². The minimum absolute atomic E-state index is 0.479. The summed E-state index contributed by atoms with van der Waals surface area (Å²) in [6.45, 7) is 7.20. The second kappa shape index (κ2) is 6.16. The standard InChI is InChI=1S/C13H21NOS/c1-9(2)13(8-14)16-11-5-6-12(15-4)10(3)7-11/h5-7,9,13H,8,14H2,1-4H3. The monoisotopic (exact) mass is 239 g/mol. The summed E-state index contributed by atoms with van der Waals surface area (Å²) in [6.07, 6.45) is 0. The second-order valence-electron chi connectivity index (χ2n) is 4.27. The van der Waals surface area contributed by atoms with Gasteiger partial charge in [0.2, 0.25) is 0 Å². The molecule has 2 nitrogen and oxygen atoms in total. The zero-order chi connectivity index (χ0) is 12.1. The van der Waals surface area contributed by atoms with Crippen LogP contribution in [0.15, 0.2) is 23.1 Å². The molecule has 90 valence electrons. The number of ether oxygens (including phenoxy) is 1. The highest BCUT2D eigenvalue weighted by Crippen LogP contribution is 2.30. The lowest BCUT2D eigenvalue weighted by Crippen LogP contribution is -2.22. The Kier molecular flexibility index (Phi) is 5.16. The van der Waals surface area contributed by atoms with Gasteiger partial charge in [-0.2, -0.15) is 0 Å². The number of hydrogen-bond donors (Lipinski definition) is 1. The molecule has 0 heterocycles. The molecule has 16 heavy (non-hydrogen) atoms. The van der Waals surface area contributed by atoms with E-state index in [0.717, 1.165) is 5.75 Å². The lowest BCUT2D eigenvalue weighted by molar-refractivity contribution is 0.411. The Labute approximate surface area is 103 Å². The number of benzene rings is 1. The van der Waals surface area contributed by atoms with Gasteiger partial charge < -0.3 is 10.5 Å².